The Hall–Kier alpha value is -1.42. The molecule has 0 spiro atoms. The third kappa shape index (κ3) is 2.07. The summed E-state index contributed by atoms with van der Waals surface area (Å²) in [6.45, 7) is 5.90. The van der Waals surface area contributed by atoms with Crippen molar-refractivity contribution in [2.45, 2.75) is 26.8 Å². The molecule has 0 fully saturated rings. The standard InChI is InChI=1S/C12H14N2OS/c1-7(2)13-12(15)11-9-6-8(3)4-5-10(9)16-14-11/h4-7H,1-3H3,(H,13,15). The van der Waals surface area contributed by atoms with Crippen molar-refractivity contribution >= 4 is 27.5 Å². The number of hydrogen-bond donors (Lipinski definition) is 1. The summed E-state index contributed by atoms with van der Waals surface area (Å²) >= 11 is 1.37. The van der Waals surface area contributed by atoms with Crippen molar-refractivity contribution in [2.24, 2.45) is 0 Å². The molecule has 16 heavy (non-hydrogen) atoms. The van der Waals surface area contributed by atoms with Gasteiger partial charge in [0.15, 0.2) is 0 Å². The highest BCUT2D eigenvalue weighted by Crippen LogP contribution is 2.23. The highest BCUT2D eigenvalue weighted by atomic mass is 32.1. The van der Waals surface area contributed by atoms with Gasteiger partial charge in [-0.3, -0.25) is 4.79 Å². The summed E-state index contributed by atoms with van der Waals surface area (Å²) in [5.41, 5.74) is 1.68. The van der Waals surface area contributed by atoms with Crippen molar-refractivity contribution in [3.63, 3.8) is 0 Å². The molecule has 0 unspecified atom stereocenters. The normalized spacial score (nSPS) is 11.0. The summed E-state index contributed by atoms with van der Waals surface area (Å²) in [7, 11) is 0. The first-order chi connectivity index (χ1) is 7.58. The van der Waals surface area contributed by atoms with Crippen molar-refractivity contribution in [2.75, 3.05) is 0 Å². The molecule has 0 atom stereocenters. The van der Waals surface area contributed by atoms with Gasteiger partial charge in [0, 0.05) is 11.4 Å². The van der Waals surface area contributed by atoms with Crippen LogP contribution in [0.15, 0.2) is 18.2 Å². The van der Waals surface area contributed by atoms with E-state index in [1.807, 2.05) is 39.0 Å². The second kappa shape index (κ2) is 4.22. The quantitative estimate of drug-likeness (QED) is 0.868. The van der Waals surface area contributed by atoms with Crippen LogP contribution in [0.25, 0.3) is 10.1 Å². The Morgan fingerprint density at radius 1 is 1.44 bits per heavy atom. The SMILES string of the molecule is Cc1ccc2snc(C(=O)NC(C)C)c2c1. The molecule has 1 aromatic carbocycles. The largest absolute Gasteiger partial charge is 0.348 e. The molecular formula is C12H14N2OS. The van der Waals surface area contributed by atoms with Gasteiger partial charge in [-0.05, 0) is 44.4 Å². The molecule has 0 aliphatic carbocycles. The highest BCUT2D eigenvalue weighted by molar-refractivity contribution is 7.13. The molecule has 2 rings (SSSR count). The molecule has 1 aromatic heterocycles. The van der Waals surface area contributed by atoms with Gasteiger partial charge in [0.1, 0.15) is 5.69 Å². The van der Waals surface area contributed by atoms with E-state index < -0.39 is 0 Å². The molecule has 1 amide bonds. The van der Waals surface area contributed by atoms with Crippen LogP contribution in [0.1, 0.15) is 29.9 Å². The minimum atomic E-state index is -0.0909. The van der Waals surface area contributed by atoms with Crippen LogP contribution in [0.4, 0.5) is 0 Å². The first-order valence-corrected chi connectivity index (χ1v) is 6.02. The summed E-state index contributed by atoms with van der Waals surface area (Å²) < 4.78 is 5.27. The van der Waals surface area contributed by atoms with Crippen molar-refractivity contribution in [3.05, 3.63) is 29.5 Å². The first kappa shape index (κ1) is 11.1. The Bertz CT molecular complexity index is 531. The second-order valence-electron chi connectivity index (χ2n) is 4.16. The summed E-state index contributed by atoms with van der Waals surface area (Å²) in [6.07, 6.45) is 0. The lowest BCUT2D eigenvalue weighted by Crippen LogP contribution is -2.30. The second-order valence-corrected chi connectivity index (χ2v) is 4.96. The Kier molecular flexibility index (Phi) is 2.92. The molecule has 0 aliphatic heterocycles. The van der Waals surface area contributed by atoms with E-state index in [1.165, 1.54) is 11.5 Å². The average molecular weight is 234 g/mol. The Balaban J connectivity index is 2.44. The van der Waals surface area contributed by atoms with E-state index >= 15 is 0 Å². The number of nitrogens with zero attached hydrogens (tertiary/aromatic N) is 1. The van der Waals surface area contributed by atoms with Crippen LogP contribution in [0, 0.1) is 6.92 Å². The van der Waals surface area contributed by atoms with Gasteiger partial charge in [-0.25, -0.2) is 0 Å². The molecule has 0 saturated carbocycles. The molecule has 0 aliphatic rings. The van der Waals surface area contributed by atoms with Gasteiger partial charge in [-0.1, -0.05) is 11.6 Å². The molecule has 1 heterocycles. The Morgan fingerprint density at radius 2 is 2.19 bits per heavy atom. The lowest BCUT2D eigenvalue weighted by atomic mass is 10.1. The fourth-order valence-electron chi connectivity index (χ4n) is 1.55. The van der Waals surface area contributed by atoms with E-state index in [4.69, 9.17) is 0 Å². The van der Waals surface area contributed by atoms with Gasteiger partial charge in [0.2, 0.25) is 0 Å². The molecule has 1 N–H and O–H groups in total. The molecule has 0 saturated heterocycles. The van der Waals surface area contributed by atoms with E-state index in [0.29, 0.717) is 5.69 Å². The van der Waals surface area contributed by atoms with E-state index in [9.17, 15) is 4.79 Å². The van der Waals surface area contributed by atoms with Crippen LogP contribution in [0.3, 0.4) is 0 Å². The monoisotopic (exact) mass is 234 g/mol. The number of carbonyl (C=O) groups is 1. The predicted molar refractivity (Wildman–Crippen MR) is 67.0 cm³/mol. The molecular weight excluding hydrogens is 220 g/mol. The number of benzene rings is 1. The molecule has 0 bridgehead atoms. The van der Waals surface area contributed by atoms with Crippen LogP contribution in [-0.2, 0) is 0 Å². The van der Waals surface area contributed by atoms with Gasteiger partial charge < -0.3 is 5.32 Å². The van der Waals surface area contributed by atoms with E-state index in [0.717, 1.165) is 15.6 Å². The van der Waals surface area contributed by atoms with Crippen molar-refractivity contribution in [3.8, 4) is 0 Å². The van der Waals surface area contributed by atoms with Crippen LogP contribution in [-0.4, -0.2) is 16.3 Å². The number of hydrogen-bond acceptors (Lipinski definition) is 3. The fraction of sp³-hybridized carbons (Fsp3) is 0.333. The number of fused-ring (bicyclic) bond motifs is 1. The maximum absolute atomic E-state index is 11.9. The van der Waals surface area contributed by atoms with Gasteiger partial charge in [0.05, 0.1) is 4.70 Å². The minimum absolute atomic E-state index is 0.0909. The number of nitrogens with one attached hydrogen (secondary N) is 1. The van der Waals surface area contributed by atoms with Crippen molar-refractivity contribution in [1.29, 1.82) is 0 Å². The Labute approximate surface area is 98.7 Å². The number of aromatic nitrogens is 1. The highest BCUT2D eigenvalue weighted by Gasteiger charge is 2.14. The van der Waals surface area contributed by atoms with Gasteiger partial charge in [-0.15, -0.1) is 0 Å². The molecule has 4 heteroatoms. The van der Waals surface area contributed by atoms with E-state index in [-0.39, 0.29) is 11.9 Å². The van der Waals surface area contributed by atoms with Crippen molar-refractivity contribution < 1.29 is 4.79 Å². The summed E-state index contributed by atoms with van der Waals surface area (Å²) in [5.74, 6) is -0.0909. The molecule has 84 valence electrons. The molecule has 3 nitrogen and oxygen atoms in total. The van der Waals surface area contributed by atoms with E-state index in [1.54, 1.807) is 0 Å². The maximum Gasteiger partial charge on any atom is 0.271 e. The Morgan fingerprint density at radius 3 is 2.88 bits per heavy atom. The van der Waals surface area contributed by atoms with E-state index in [2.05, 4.69) is 9.69 Å². The van der Waals surface area contributed by atoms with Gasteiger partial charge >= 0.3 is 0 Å². The van der Waals surface area contributed by atoms with Crippen molar-refractivity contribution in [1.82, 2.24) is 9.69 Å². The fourth-order valence-corrected chi connectivity index (χ4v) is 2.30. The number of carbonyl (C=O) groups excluding carboxylic acids is 1. The third-order valence-electron chi connectivity index (χ3n) is 2.26. The zero-order valence-corrected chi connectivity index (χ0v) is 10.4. The van der Waals surface area contributed by atoms with Crippen LogP contribution < -0.4 is 5.32 Å². The van der Waals surface area contributed by atoms with Gasteiger partial charge in [0.25, 0.3) is 5.91 Å². The topological polar surface area (TPSA) is 42.0 Å². The van der Waals surface area contributed by atoms with Crippen LogP contribution in [0.2, 0.25) is 0 Å². The predicted octanol–water partition coefficient (Wildman–Crippen LogP) is 2.74. The van der Waals surface area contributed by atoms with Crippen LogP contribution in [0.5, 0.6) is 0 Å². The summed E-state index contributed by atoms with van der Waals surface area (Å²) in [6, 6.07) is 6.18. The average Bonchev–Trinajstić information content (AvgIpc) is 2.59. The molecule has 0 radical (unpaired) electrons. The lowest BCUT2D eigenvalue weighted by Gasteiger charge is -2.06. The van der Waals surface area contributed by atoms with Gasteiger partial charge in [-0.2, -0.15) is 4.37 Å². The summed E-state index contributed by atoms with van der Waals surface area (Å²) in [4.78, 5) is 11.9. The zero-order chi connectivity index (χ0) is 11.7. The third-order valence-corrected chi connectivity index (χ3v) is 3.09. The zero-order valence-electron chi connectivity index (χ0n) is 9.57. The summed E-state index contributed by atoms with van der Waals surface area (Å²) in [5, 5.41) is 3.81. The molecule has 2 aromatic rings. The smallest absolute Gasteiger partial charge is 0.271 e. The lowest BCUT2D eigenvalue weighted by molar-refractivity contribution is 0.0941. The van der Waals surface area contributed by atoms with Crippen LogP contribution >= 0.6 is 11.5 Å². The maximum atomic E-state index is 11.9. The minimum Gasteiger partial charge on any atom is -0.348 e. The number of aryl methyl sites for hydroxylation is 1. The number of rotatable bonds is 2. The first-order valence-electron chi connectivity index (χ1n) is 5.25. The number of amides is 1.